The molecular weight excluding hydrogens is 405 g/mol. The van der Waals surface area contributed by atoms with Crippen LogP contribution in [0.15, 0.2) is 27.8 Å². The van der Waals surface area contributed by atoms with Gasteiger partial charge >= 0.3 is 0 Å². The summed E-state index contributed by atoms with van der Waals surface area (Å²) in [4.78, 5) is 16.2. The number of amides is 1. The van der Waals surface area contributed by atoms with Crippen molar-refractivity contribution in [3.8, 4) is 0 Å². The van der Waals surface area contributed by atoms with Crippen molar-refractivity contribution in [1.82, 2.24) is 21.1 Å². The molecule has 0 spiro atoms. The van der Waals surface area contributed by atoms with Gasteiger partial charge in [-0.1, -0.05) is 6.07 Å². The number of halogens is 1. The first kappa shape index (κ1) is 20.7. The van der Waals surface area contributed by atoms with Crippen LogP contribution in [0, 0.1) is 10.6 Å². The number of nitrogens with one attached hydrogen (secondary N) is 4. The number of aromatic nitrogens is 2. The summed E-state index contributed by atoms with van der Waals surface area (Å²) in [5.74, 6) is -0.720. The van der Waals surface area contributed by atoms with E-state index in [1.807, 2.05) is 5.48 Å². The lowest BCUT2D eigenvalue weighted by molar-refractivity contribution is -0.119. The summed E-state index contributed by atoms with van der Waals surface area (Å²) in [6.07, 6.45) is 1.87. The minimum absolute atomic E-state index is 0.0458. The number of hydrogen-bond acceptors (Lipinski definition) is 9. The molecule has 11 nitrogen and oxygen atoms in total. The smallest absolute Gasteiger partial charge is 0.239 e. The van der Waals surface area contributed by atoms with Crippen molar-refractivity contribution in [2.75, 3.05) is 30.4 Å². The van der Waals surface area contributed by atoms with Crippen molar-refractivity contribution in [3.63, 3.8) is 0 Å². The monoisotopic (exact) mass is 425 g/mol. The second-order valence-corrected chi connectivity index (χ2v) is 8.94. The largest absolute Gasteiger partial charge is 0.356 e. The number of rotatable bonds is 8. The zero-order valence-electron chi connectivity index (χ0n) is 15.4. The Hall–Kier alpha value is -3.06. The zero-order valence-corrected chi connectivity index (χ0v) is 16.3. The molecule has 0 saturated heterocycles. The molecule has 29 heavy (non-hydrogen) atoms. The molecule has 156 valence electrons. The molecule has 2 aromatic rings. The molecule has 0 saturated carbocycles. The lowest BCUT2D eigenvalue weighted by Crippen LogP contribution is -2.33. The van der Waals surface area contributed by atoms with Crippen LogP contribution in [0.1, 0.15) is 22.9 Å². The Balaban J connectivity index is 1.63. The topological polar surface area (TPSA) is 166 Å². The number of aliphatic imine (C=N–C) groups is 1. The van der Waals surface area contributed by atoms with E-state index in [0.29, 0.717) is 12.0 Å². The van der Waals surface area contributed by atoms with Crippen molar-refractivity contribution < 1.29 is 23.2 Å². The molecule has 0 aliphatic heterocycles. The van der Waals surface area contributed by atoms with Crippen LogP contribution in [0.25, 0.3) is 0 Å². The Morgan fingerprint density at radius 1 is 1.48 bits per heavy atom. The summed E-state index contributed by atoms with van der Waals surface area (Å²) in [6, 6.07) is 4.08. The van der Waals surface area contributed by atoms with Gasteiger partial charge in [0, 0.05) is 28.3 Å². The molecule has 3 rings (SSSR count). The summed E-state index contributed by atoms with van der Waals surface area (Å²) in [5.41, 5.74) is 3.66. The molecular formula is C16H20FN7O4S. The lowest BCUT2D eigenvalue weighted by Gasteiger charge is -2.27. The number of hydrogen-bond donors (Lipinski definition) is 5. The SMILES string of the molecule is C[S@@](=N)(=O)CCNC(=O)CNc1nonc1C(=N[C@H]1Cc2ccc(F)cc21)NO. The van der Waals surface area contributed by atoms with E-state index in [1.165, 1.54) is 18.4 Å². The van der Waals surface area contributed by atoms with Crippen LogP contribution >= 0.6 is 0 Å². The van der Waals surface area contributed by atoms with Gasteiger partial charge in [0.2, 0.25) is 11.7 Å². The standard InChI is InChI=1S/C16H20FN7O4S/c1-29(18,27)5-4-19-13(25)8-20-15-14(23-28-24-15)16(22-26)21-12-6-9-2-3-10(17)7-11(9)12/h2-3,7,12,18,26H,4-6,8H2,1H3,(H,19,25)(H,20,24)(H,21,22)/t12-,29+/m0/s1. The molecule has 1 aromatic heterocycles. The highest BCUT2D eigenvalue weighted by molar-refractivity contribution is 7.91. The number of benzene rings is 1. The van der Waals surface area contributed by atoms with Gasteiger partial charge in [-0.2, -0.15) is 0 Å². The first-order valence-corrected chi connectivity index (χ1v) is 10.7. The highest BCUT2D eigenvalue weighted by atomic mass is 32.2. The van der Waals surface area contributed by atoms with Crippen molar-refractivity contribution in [3.05, 3.63) is 40.8 Å². The van der Waals surface area contributed by atoms with Crippen LogP contribution in [0.3, 0.4) is 0 Å². The zero-order chi connectivity index (χ0) is 21.0. The molecule has 1 aliphatic carbocycles. The van der Waals surface area contributed by atoms with Crippen molar-refractivity contribution in [2.45, 2.75) is 12.5 Å². The van der Waals surface area contributed by atoms with E-state index < -0.39 is 15.6 Å². The van der Waals surface area contributed by atoms with Gasteiger partial charge in [-0.3, -0.25) is 29.5 Å². The van der Waals surface area contributed by atoms with Gasteiger partial charge in [-0.25, -0.2) is 9.02 Å². The molecule has 1 aromatic carbocycles. The van der Waals surface area contributed by atoms with Crippen molar-refractivity contribution in [2.24, 2.45) is 4.99 Å². The van der Waals surface area contributed by atoms with Gasteiger partial charge in [0.05, 0.1) is 12.6 Å². The average Bonchev–Trinajstić information content (AvgIpc) is 3.10. The molecule has 2 atom stereocenters. The van der Waals surface area contributed by atoms with Gasteiger partial charge < -0.3 is 10.6 Å². The molecule has 1 amide bonds. The molecule has 0 unspecified atom stereocenters. The third kappa shape index (κ3) is 5.26. The van der Waals surface area contributed by atoms with Crippen molar-refractivity contribution >= 4 is 27.3 Å². The highest BCUT2D eigenvalue weighted by Crippen LogP contribution is 2.36. The summed E-state index contributed by atoms with van der Waals surface area (Å²) in [5, 5.41) is 22.0. The third-order valence-corrected chi connectivity index (χ3v) is 5.20. The Kier molecular flexibility index (Phi) is 6.08. The van der Waals surface area contributed by atoms with Gasteiger partial charge in [0.25, 0.3) is 0 Å². The third-order valence-electron chi connectivity index (χ3n) is 4.21. The summed E-state index contributed by atoms with van der Waals surface area (Å²) >= 11 is 0. The fourth-order valence-electron chi connectivity index (χ4n) is 2.73. The number of anilines is 1. The van der Waals surface area contributed by atoms with E-state index in [-0.39, 0.29) is 48.0 Å². The Morgan fingerprint density at radius 3 is 3.00 bits per heavy atom. The normalized spacial score (nSPS) is 17.6. The molecule has 1 aliphatic rings. The highest BCUT2D eigenvalue weighted by Gasteiger charge is 2.28. The van der Waals surface area contributed by atoms with E-state index in [9.17, 15) is 18.6 Å². The predicted octanol–water partition coefficient (Wildman–Crippen LogP) is 0.436. The number of fused-ring (bicyclic) bond motifs is 1. The Morgan fingerprint density at radius 2 is 2.28 bits per heavy atom. The fraction of sp³-hybridized carbons (Fsp3) is 0.375. The maximum atomic E-state index is 13.4. The lowest BCUT2D eigenvalue weighted by atomic mass is 9.83. The molecule has 0 fully saturated rings. The summed E-state index contributed by atoms with van der Waals surface area (Å²) < 4.78 is 36.6. The number of carbonyl (C=O) groups excluding carboxylic acids is 1. The van der Waals surface area contributed by atoms with Gasteiger partial charge in [-0.15, -0.1) is 0 Å². The number of amidine groups is 1. The summed E-state index contributed by atoms with van der Waals surface area (Å²) in [6.45, 7) is -0.0911. The van der Waals surface area contributed by atoms with Crippen LogP contribution in [0.2, 0.25) is 0 Å². The number of nitrogens with zero attached hydrogens (tertiary/aromatic N) is 3. The van der Waals surface area contributed by atoms with Gasteiger partial charge in [0.15, 0.2) is 11.5 Å². The average molecular weight is 425 g/mol. The first-order valence-electron chi connectivity index (χ1n) is 8.58. The second-order valence-electron chi connectivity index (χ2n) is 6.53. The molecule has 0 bridgehead atoms. The number of hydroxylamine groups is 1. The Labute approximate surface area is 165 Å². The fourth-order valence-corrected chi connectivity index (χ4v) is 3.23. The van der Waals surface area contributed by atoms with E-state index in [0.717, 1.165) is 5.56 Å². The molecule has 1 heterocycles. The quantitative estimate of drug-likeness (QED) is 0.231. The van der Waals surface area contributed by atoms with E-state index >= 15 is 0 Å². The minimum atomic E-state index is -2.68. The van der Waals surface area contributed by atoms with Crippen LogP contribution in [0.5, 0.6) is 0 Å². The molecule has 13 heteroatoms. The van der Waals surface area contributed by atoms with Gasteiger partial charge in [-0.05, 0) is 40.0 Å². The summed E-state index contributed by atoms with van der Waals surface area (Å²) in [7, 11) is -2.68. The van der Waals surface area contributed by atoms with Crippen molar-refractivity contribution in [1.29, 1.82) is 4.78 Å². The second kappa shape index (κ2) is 8.53. The van der Waals surface area contributed by atoms with Gasteiger partial charge in [0.1, 0.15) is 5.82 Å². The number of carbonyl (C=O) groups is 1. The minimum Gasteiger partial charge on any atom is -0.356 e. The Bertz CT molecular complexity index is 1040. The van der Waals surface area contributed by atoms with E-state index in [4.69, 9.17) is 4.78 Å². The molecule has 0 radical (unpaired) electrons. The predicted molar refractivity (Wildman–Crippen MR) is 102 cm³/mol. The first-order chi connectivity index (χ1) is 13.8. The van der Waals surface area contributed by atoms with Crippen LogP contribution in [-0.2, 0) is 20.9 Å². The molecule has 5 N–H and O–H groups in total. The maximum Gasteiger partial charge on any atom is 0.239 e. The maximum absolute atomic E-state index is 13.4. The van der Waals surface area contributed by atoms with Crippen LogP contribution < -0.4 is 16.1 Å². The van der Waals surface area contributed by atoms with Crippen LogP contribution in [0.4, 0.5) is 10.2 Å². The van der Waals surface area contributed by atoms with E-state index in [2.05, 4.69) is 30.6 Å². The van der Waals surface area contributed by atoms with Crippen LogP contribution in [-0.4, -0.2) is 56.6 Å². The van der Waals surface area contributed by atoms with E-state index in [1.54, 1.807) is 6.07 Å².